The van der Waals surface area contributed by atoms with Crippen LogP contribution in [0.25, 0.3) is 0 Å². The summed E-state index contributed by atoms with van der Waals surface area (Å²) in [7, 11) is 0. The van der Waals surface area contributed by atoms with Crippen LogP contribution in [0.15, 0.2) is 35.5 Å². The van der Waals surface area contributed by atoms with Crippen molar-refractivity contribution in [2.45, 2.75) is 125 Å². The van der Waals surface area contributed by atoms with Crippen LogP contribution in [0.2, 0.25) is 0 Å². The monoisotopic (exact) mass is 726 g/mol. The first-order valence-electron chi connectivity index (χ1n) is 13.5. The van der Waals surface area contributed by atoms with Gasteiger partial charge < -0.3 is 15.3 Å². The molecule has 0 aliphatic carbocycles. The normalized spacial score (nSPS) is 14.1. The van der Waals surface area contributed by atoms with Crippen LogP contribution in [0.4, 0.5) is 0 Å². The summed E-state index contributed by atoms with van der Waals surface area (Å²) in [6.45, 7) is 33.3. The van der Waals surface area contributed by atoms with Gasteiger partial charge in [0.05, 0.1) is 0 Å². The first-order chi connectivity index (χ1) is 16.6. The van der Waals surface area contributed by atoms with Crippen molar-refractivity contribution in [1.82, 2.24) is 0 Å². The van der Waals surface area contributed by atoms with Gasteiger partial charge in [0.15, 0.2) is 17.3 Å². The number of carbonyl (C=O) groups is 3. The summed E-state index contributed by atoms with van der Waals surface area (Å²) >= 11 is 0. The van der Waals surface area contributed by atoms with Gasteiger partial charge in [-0.25, -0.2) is 0 Å². The summed E-state index contributed by atoms with van der Waals surface area (Å²) in [4.78, 5) is 34.5. The number of carbonyl (C=O) groups excluding carboxylic acids is 3. The molecule has 0 saturated heterocycles. The number of allylic oxidation sites excluding steroid dienone is 6. The molecule has 7 heteroatoms. The summed E-state index contributed by atoms with van der Waals surface area (Å²) in [6, 6.07) is 0. The van der Waals surface area contributed by atoms with Gasteiger partial charge in [-0.3, -0.25) is 14.4 Å². The van der Waals surface area contributed by atoms with Crippen LogP contribution in [-0.2, 0) is 14.4 Å². The number of rotatable bonds is 3. The second kappa shape index (κ2) is 16.7. The van der Waals surface area contributed by atoms with Crippen molar-refractivity contribution >= 4 is 17.3 Å². The smallest absolute Gasteiger partial charge is 0.164 e. The fourth-order valence-corrected chi connectivity index (χ4v) is 1.67. The molecule has 0 radical (unpaired) electrons. The van der Waals surface area contributed by atoms with E-state index in [1.807, 2.05) is 125 Å². The van der Waals surface area contributed by atoms with Crippen molar-refractivity contribution in [3.05, 3.63) is 35.5 Å². The Bertz CT molecular complexity index is 801. The van der Waals surface area contributed by atoms with E-state index in [9.17, 15) is 29.7 Å². The molecule has 0 aliphatic heterocycles. The molecule has 0 aromatic carbocycles. The van der Waals surface area contributed by atoms with Gasteiger partial charge in [0.2, 0.25) is 0 Å². The first kappa shape index (κ1) is 46.1. The molecule has 40 heavy (non-hydrogen) atoms. The summed E-state index contributed by atoms with van der Waals surface area (Å²) in [5, 5.41) is 28.7. The molecule has 0 aliphatic rings. The summed E-state index contributed by atoms with van der Waals surface area (Å²) in [5.74, 6) is 0.312. The molecule has 0 saturated carbocycles. The van der Waals surface area contributed by atoms with Crippen LogP contribution in [0.5, 0.6) is 0 Å². The maximum Gasteiger partial charge on any atom is 0.164 e. The van der Waals surface area contributed by atoms with Gasteiger partial charge in [0.25, 0.3) is 0 Å². The van der Waals surface area contributed by atoms with Crippen LogP contribution in [0.1, 0.15) is 125 Å². The molecule has 0 spiro atoms. The topological polar surface area (TPSA) is 112 Å². The van der Waals surface area contributed by atoms with Gasteiger partial charge in [0, 0.05) is 97.6 Å². The van der Waals surface area contributed by atoms with Crippen LogP contribution in [0, 0.1) is 79.4 Å². The van der Waals surface area contributed by atoms with Gasteiger partial charge in [-0.2, -0.15) is 0 Å². The first-order valence-corrected chi connectivity index (χ1v) is 13.5. The summed E-state index contributed by atoms with van der Waals surface area (Å²) < 4.78 is 0. The Labute approximate surface area is 284 Å². The Morgan fingerprint density at radius 2 is 0.475 bits per heavy atom. The predicted octanol–water partition coefficient (Wildman–Crippen LogP) is 9.27. The van der Waals surface area contributed by atoms with Gasteiger partial charge in [0.1, 0.15) is 17.3 Å². The fraction of sp³-hybridized carbons (Fsp3) is 0.727. The molecule has 6 nitrogen and oxygen atoms in total. The Balaban J connectivity index is -0.000000240. The largest absolute Gasteiger partial charge is 0.512 e. The second-order valence-corrected chi connectivity index (χ2v) is 16.2. The van der Waals surface area contributed by atoms with Crippen molar-refractivity contribution in [2.24, 2.45) is 32.5 Å². The van der Waals surface area contributed by atoms with Crippen LogP contribution in [-0.4, -0.2) is 32.7 Å². The molecular weight excluding hydrogens is 665 g/mol. The van der Waals surface area contributed by atoms with Crippen LogP contribution in [0.3, 0.4) is 0 Å². The van der Waals surface area contributed by atoms with E-state index in [1.165, 1.54) is 18.2 Å². The molecule has 0 aromatic rings. The Morgan fingerprint density at radius 3 is 0.550 bits per heavy atom. The average molecular weight is 726 g/mol. The van der Waals surface area contributed by atoms with Gasteiger partial charge in [-0.05, 0) is 0 Å². The zero-order valence-corrected chi connectivity index (χ0v) is 30.3. The van der Waals surface area contributed by atoms with E-state index in [2.05, 4.69) is 0 Å². The molecule has 0 aromatic heterocycles. The van der Waals surface area contributed by atoms with Crippen LogP contribution < -0.4 is 0 Å². The molecule has 0 bridgehead atoms. The van der Waals surface area contributed by atoms with E-state index in [4.69, 9.17) is 0 Å². The summed E-state index contributed by atoms with van der Waals surface area (Å²) in [5.41, 5.74) is -2.29. The molecular formula is C33H60O6Yb. The minimum atomic E-state index is -0.417. The molecule has 0 heterocycles. The molecule has 3 N–H and O–H groups in total. The fourth-order valence-electron chi connectivity index (χ4n) is 1.67. The van der Waals surface area contributed by atoms with E-state index in [1.54, 1.807) is 0 Å². The molecule has 0 atom stereocenters. The predicted molar refractivity (Wildman–Crippen MR) is 164 cm³/mol. The van der Waals surface area contributed by atoms with Crippen molar-refractivity contribution < 1.29 is 76.6 Å². The summed E-state index contributed by atoms with van der Waals surface area (Å²) in [6.07, 6.45) is 4.00. The van der Waals surface area contributed by atoms with Crippen molar-refractivity contribution in [1.29, 1.82) is 0 Å². The van der Waals surface area contributed by atoms with E-state index in [-0.39, 0.29) is 97.8 Å². The third-order valence-electron chi connectivity index (χ3n) is 5.33. The van der Waals surface area contributed by atoms with Crippen molar-refractivity contribution in [2.75, 3.05) is 0 Å². The number of hydrogen-bond donors (Lipinski definition) is 3. The Hall–Kier alpha value is -0.851. The number of ketones is 3. The van der Waals surface area contributed by atoms with E-state index < -0.39 is 16.2 Å². The number of hydrogen-bond acceptors (Lipinski definition) is 6. The molecule has 0 amide bonds. The zero-order valence-electron chi connectivity index (χ0n) is 28.6. The Morgan fingerprint density at radius 1 is 0.350 bits per heavy atom. The van der Waals surface area contributed by atoms with E-state index in [0.29, 0.717) is 0 Å². The molecule has 0 fully saturated rings. The van der Waals surface area contributed by atoms with Gasteiger partial charge >= 0.3 is 0 Å². The number of aliphatic hydroxyl groups excluding tert-OH is 3. The molecule has 0 rings (SSSR count). The SMILES string of the molecule is CC(C)(C)C(=O)/C=C(\O)C(C)(C)C.CC(C)(C)C(=O)/C=C(\O)C(C)(C)C.CC(C)(C)C(=O)/C=C(\O)C(C)(C)C.[Yb]. The van der Waals surface area contributed by atoms with E-state index >= 15 is 0 Å². The third kappa shape index (κ3) is 21.8. The minimum absolute atomic E-state index is 0. The standard InChI is InChI=1S/3C11H20O2.Yb/c3*1-10(2,3)8(12)7-9(13)11(4,5)6;/h3*7,12H,1-6H3;/b3*8-7-;. The van der Waals surface area contributed by atoms with Gasteiger partial charge in [-0.1, -0.05) is 125 Å². The molecule has 242 valence electrons. The third-order valence-corrected chi connectivity index (χ3v) is 5.33. The average Bonchev–Trinajstić information content (AvgIpc) is 2.64. The zero-order chi connectivity index (χ0) is 32.6. The van der Waals surface area contributed by atoms with E-state index in [0.717, 1.165) is 0 Å². The van der Waals surface area contributed by atoms with Crippen molar-refractivity contribution in [3.63, 3.8) is 0 Å². The minimum Gasteiger partial charge on any atom is -0.512 e. The number of aliphatic hydroxyl groups is 3. The maximum atomic E-state index is 11.5. The molecule has 0 unspecified atom stereocenters. The maximum absolute atomic E-state index is 11.5. The van der Waals surface area contributed by atoms with Crippen molar-refractivity contribution in [3.8, 4) is 0 Å². The Kier molecular flexibility index (Phi) is 19.3. The van der Waals surface area contributed by atoms with Gasteiger partial charge in [-0.15, -0.1) is 0 Å². The van der Waals surface area contributed by atoms with Crippen LogP contribution >= 0.6 is 0 Å². The quantitative estimate of drug-likeness (QED) is 0.198. The second-order valence-electron chi connectivity index (χ2n) is 16.2.